The Bertz CT molecular complexity index is 1680. The number of rotatable bonds is 6. The summed E-state index contributed by atoms with van der Waals surface area (Å²) in [6, 6.07) is 7.83. The van der Waals surface area contributed by atoms with Crippen LogP contribution in [0.4, 0.5) is 41.6 Å². The summed E-state index contributed by atoms with van der Waals surface area (Å²) in [5.41, 5.74) is -0.268. The summed E-state index contributed by atoms with van der Waals surface area (Å²) in [5.74, 6) is 1.09. The van der Waals surface area contributed by atoms with Crippen molar-refractivity contribution < 1.29 is 50.6 Å². The van der Waals surface area contributed by atoms with Gasteiger partial charge in [-0.25, -0.2) is 9.59 Å². The molecule has 16 heteroatoms. The number of halogens is 6. The van der Waals surface area contributed by atoms with Crippen LogP contribution in [0.1, 0.15) is 54.9 Å². The van der Waals surface area contributed by atoms with Crippen LogP contribution in [-0.4, -0.2) is 94.2 Å². The molecule has 2 fully saturated rings. The number of aliphatic hydroxyl groups is 1. The quantitative estimate of drug-likeness (QED) is 0.214. The number of alkyl halides is 6. The number of urea groups is 1. The Balaban J connectivity index is 1.30. The molecular formula is C35H37F6N5O5. The van der Waals surface area contributed by atoms with Crippen LogP contribution < -0.4 is 5.32 Å². The molecule has 1 atom stereocenters. The molecule has 0 unspecified atom stereocenters. The zero-order chi connectivity index (χ0) is 37.0. The van der Waals surface area contributed by atoms with Gasteiger partial charge in [0, 0.05) is 56.7 Å². The van der Waals surface area contributed by atoms with Gasteiger partial charge in [0.1, 0.15) is 0 Å². The van der Waals surface area contributed by atoms with Gasteiger partial charge in [-0.2, -0.15) is 31.3 Å². The van der Waals surface area contributed by atoms with Gasteiger partial charge in [-0.3, -0.25) is 4.79 Å². The smallest absolute Gasteiger partial charge is 0.416 e. The third-order valence-corrected chi connectivity index (χ3v) is 9.25. The topological polar surface area (TPSA) is 115 Å². The maximum absolute atomic E-state index is 13.6. The summed E-state index contributed by atoms with van der Waals surface area (Å²) in [5, 5.41) is 13.0. The Hall–Kier alpha value is -4.78. The second kappa shape index (κ2) is 15.2. The Morgan fingerprint density at radius 1 is 1.02 bits per heavy atom. The van der Waals surface area contributed by atoms with Crippen molar-refractivity contribution in [3.8, 4) is 0 Å². The average Bonchev–Trinajstić information content (AvgIpc) is 3.24. The first-order valence-electron chi connectivity index (χ1n) is 16.4. The molecule has 10 nitrogen and oxygen atoms in total. The third kappa shape index (κ3) is 9.93. The minimum Gasteiger partial charge on any atom is -0.435 e. The van der Waals surface area contributed by atoms with Crippen molar-refractivity contribution in [2.45, 2.75) is 75.5 Å². The van der Waals surface area contributed by atoms with Gasteiger partial charge in [-0.15, -0.1) is 0 Å². The summed E-state index contributed by atoms with van der Waals surface area (Å²) in [6.07, 6.45) is -10.3. The molecule has 2 aromatic carbocycles. The van der Waals surface area contributed by atoms with Gasteiger partial charge in [0.15, 0.2) is 6.10 Å². The van der Waals surface area contributed by atoms with Gasteiger partial charge >= 0.3 is 24.5 Å². The summed E-state index contributed by atoms with van der Waals surface area (Å²) >= 11 is 0. The van der Waals surface area contributed by atoms with Gasteiger partial charge in [0.2, 0.25) is 0 Å². The molecule has 0 spiro atoms. The summed E-state index contributed by atoms with van der Waals surface area (Å²) in [4.78, 5) is 47.8. The molecule has 51 heavy (non-hydrogen) atoms. The average molecular weight is 722 g/mol. The lowest BCUT2D eigenvalue weighted by atomic mass is 9.94. The van der Waals surface area contributed by atoms with Gasteiger partial charge in [0.05, 0.1) is 22.9 Å². The second-order valence-corrected chi connectivity index (χ2v) is 13.1. The molecule has 5 rings (SSSR count). The van der Waals surface area contributed by atoms with Crippen molar-refractivity contribution in [2.24, 2.45) is 4.99 Å². The van der Waals surface area contributed by atoms with Crippen molar-refractivity contribution in [1.29, 1.82) is 0 Å². The van der Waals surface area contributed by atoms with Crippen LogP contribution in [0.25, 0.3) is 0 Å². The van der Waals surface area contributed by atoms with Crippen LogP contribution in [0.2, 0.25) is 0 Å². The summed E-state index contributed by atoms with van der Waals surface area (Å²) < 4.78 is 86.7. The van der Waals surface area contributed by atoms with Crippen molar-refractivity contribution in [3.63, 3.8) is 0 Å². The first-order chi connectivity index (χ1) is 24.0. The zero-order valence-electron chi connectivity index (χ0n) is 27.7. The molecule has 4 amide bonds. The molecular weight excluding hydrogens is 684 g/mol. The summed E-state index contributed by atoms with van der Waals surface area (Å²) in [6.45, 7) is 3.35. The maximum Gasteiger partial charge on any atom is 0.416 e. The highest BCUT2D eigenvalue weighted by Gasteiger charge is 2.38. The number of benzene rings is 2. The molecule has 2 N–H and O–H groups in total. The number of piperidine rings is 2. The number of para-hydroxylation sites is 1. The minimum absolute atomic E-state index is 0.0363. The lowest BCUT2D eigenvalue weighted by Gasteiger charge is -2.37. The molecule has 0 bridgehead atoms. The SMILES string of the molecule is CC1(O)CCN(C=C=C=NC(=O)[C@@H](Cc2cc(C(F)(F)F)cc(C(F)(F)F)c2)OC(=O)N2CCC(N3CCc4ccccc4NC3=O)CC2)CC1. The first kappa shape index (κ1) is 37.5. The maximum atomic E-state index is 13.6. The number of aliphatic imine (C=N–C) groups is 1. The number of amides is 4. The van der Waals surface area contributed by atoms with Crippen LogP contribution in [0, 0.1) is 0 Å². The molecule has 3 aliphatic heterocycles. The van der Waals surface area contributed by atoms with E-state index in [0.717, 1.165) is 11.3 Å². The lowest BCUT2D eigenvalue weighted by Crippen LogP contribution is -2.50. The van der Waals surface area contributed by atoms with Crippen LogP contribution in [0.5, 0.6) is 0 Å². The third-order valence-electron chi connectivity index (χ3n) is 9.25. The molecule has 0 radical (unpaired) electrons. The van der Waals surface area contributed by atoms with Crippen molar-refractivity contribution in [2.75, 3.05) is 38.0 Å². The molecule has 0 aromatic heterocycles. The molecule has 2 aromatic rings. The normalized spacial score (nSPS) is 18.7. The van der Waals surface area contributed by atoms with E-state index in [2.05, 4.69) is 21.9 Å². The van der Waals surface area contributed by atoms with Crippen LogP contribution >= 0.6 is 0 Å². The number of ether oxygens (including phenoxy) is 1. The lowest BCUT2D eigenvalue weighted by molar-refractivity contribution is -0.143. The van der Waals surface area contributed by atoms with E-state index >= 15 is 0 Å². The van der Waals surface area contributed by atoms with E-state index in [-0.39, 0.29) is 31.2 Å². The van der Waals surface area contributed by atoms with Crippen molar-refractivity contribution in [1.82, 2.24) is 14.7 Å². The number of anilines is 1. The number of hydrogen-bond donors (Lipinski definition) is 2. The number of hydrogen-bond acceptors (Lipinski definition) is 6. The number of likely N-dealkylation sites (tertiary alicyclic amines) is 2. The Kier molecular flexibility index (Phi) is 11.2. The van der Waals surface area contributed by atoms with Crippen molar-refractivity contribution >= 4 is 29.6 Å². The molecule has 3 aliphatic rings. The van der Waals surface area contributed by atoms with E-state index in [0.29, 0.717) is 63.9 Å². The highest BCUT2D eigenvalue weighted by Crippen LogP contribution is 2.37. The molecule has 3 heterocycles. The predicted molar refractivity (Wildman–Crippen MR) is 173 cm³/mol. The standard InChI is InChI=1S/C35H37F6N5O5/c1-33(50)10-17-44(18-11-33)13-4-12-42-30(47)29(21-23-19-25(34(36,37)38)22-26(20-23)35(39,40)41)51-32(49)45-14-8-27(9-15-45)46-16-7-24-5-2-3-6-28(24)43-31(46)48/h2-3,5-6,13,19-20,22,27,29,50H,7-11,14-18,21H2,1H3,(H,43,48)/t29-/m1/s1. The number of nitrogens with zero attached hydrogens (tertiary/aromatic N) is 4. The number of carbonyl (C=O) groups is 3. The van der Waals surface area contributed by atoms with E-state index < -0.39 is 59.2 Å². The zero-order valence-corrected chi connectivity index (χ0v) is 27.7. The highest BCUT2D eigenvalue weighted by atomic mass is 19.4. The Morgan fingerprint density at radius 2 is 1.65 bits per heavy atom. The van der Waals surface area contributed by atoms with Crippen LogP contribution in [0.15, 0.2) is 59.4 Å². The fourth-order valence-corrected chi connectivity index (χ4v) is 6.24. The predicted octanol–water partition coefficient (Wildman–Crippen LogP) is 6.04. The monoisotopic (exact) mass is 721 g/mol. The highest BCUT2D eigenvalue weighted by molar-refractivity contribution is 5.91. The summed E-state index contributed by atoms with van der Waals surface area (Å²) in [7, 11) is 0. The fourth-order valence-electron chi connectivity index (χ4n) is 6.24. The molecule has 0 saturated carbocycles. The first-order valence-corrected chi connectivity index (χ1v) is 16.4. The van der Waals surface area contributed by atoms with Crippen LogP contribution in [-0.2, 0) is 34.7 Å². The number of carbonyl (C=O) groups excluding carboxylic acids is 3. The Morgan fingerprint density at radius 3 is 2.27 bits per heavy atom. The van der Waals surface area contributed by atoms with E-state index in [4.69, 9.17) is 4.74 Å². The van der Waals surface area contributed by atoms with Crippen LogP contribution in [0.3, 0.4) is 0 Å². The van der Waals surface area contributed by atoms with Crippen molar-refractivity contribution in [3.05, 3.63) is 76.6 Å². The molecule has 2 saturated heterocycles. The molecule has 274 valence electrons. The second-order valence-electron chi connectivity index (χ2n) is 13.1. The van der Waals surface area contributed by atoms with Gasteiger partial charge in [-0.1, -0.05) is 18.2 Å². The Labute approximate surface area is 290 Å². The number of nitrogens with one attached hydrogen (secondary N) is 1. The number of fused-ring (bicyclic) bond motifs is 1. The van der Waals surface area contributed by atoms with E-state index in [1.807, 2.05) is 24.3 Å². The van der Waals surface area contributed by atoms with Gasteiger partial charge < -0.3 is 29.9 Å². The van der Waals surface area contributed by atoms with E-state index in [9.17, 15) is 45.8 Å². The fraction of sp³-hybridized carbons (Fsp3) is 0.486. The van der Waals surface area contributed by atoms with Gasteiger partial charge in [-0.05, 0) is 80.2 Å². The van der Waals surface area contributed by atoms with E-state index in [1.54, 1.807) is 16.7 Å². The molecule has 0 aliphatic carbocycles. The minimum atomic E-state index is -5.13. The largest absolute Gasteiger partial charge is 0.435 e. The van der Waals surface area contributed by atoms with Gasteiger partial charge in [0.25, 0.3) is 5.91 Å². The van der Waals surface area contributed by atoms with E-state index in [1.165, 1.54) is 11.1 Å².